The zero-order chi connectivity index (χ0) is 12.1. The highest BCUT2D eigenvalue weighted by atomic mass is 15.4. The molecule has 16 heavy (non-hydrogen) atoms. The first-order chi connectivity index (χ1) is 7.54. The van der Waals surface area contributed by atoms with Gasteiger partial charge in [-0.2, -0.15) is 0 Å². The molecule has 0 spiro atoms. The molecule has 1 aromatic rings. The summed E-state index contributed by atoms with van der Waals surface area (Å²) in [7, 11) is 0. The highest BCUT2D eigenvalue weighted by molar-refractivity contribution is 5.10. The van der Waals surface area contributed by atoms with Gasteiger partial charge in [-0.15, -0.1) is 5.10 Å². The highest BCUT2D eigenvalue weighted by Crippen LogP contribution is 2.13. The van der Waals surface area contributed by atoms with E-state index < -0.39 is 0 Å². The zero-order valence-corrected chi connectivity index (χ0v) is 10.9. The SMILES string of the molecule is CC(C)CCn1nnc(CN)c1CC(C)C. The van der Waals surface area contributed by atoms with Crippen LogP contribution in [0.1, 0.15) is 45.5 Å². The number of aryl methyl sites for hydroxylation is 1. The summed E-state index contributed by atoms with van der Waals surface area (Å²) in [5.74, 6) is 1.30. The van der Waals surface area contributed by atoms with Crippen molar-refractivity contribution in [1.29, 1.82) is 0 Å². The standard InChI is InChI=1S/C12H24N4/c1-9(2)5-6-16-12(7-10(3)4)11(8-13)14-15-16/h9-10H,5-8,13H2,1-4H3. The van der Waals surface area contributed by atoms with Gasteiger partial charge in [-0.3, -0.25) is 0 Å². The fraction of sp³-hybridized carbons (Fsp3) is 0.833. The molecule has 2 N–H and O–H groups in total. The number of aromatic nitrogens is 3. The van der Waals surface area contributed by atoms with Crippen LogP contribution >= 0.6 is 0 Å². The van der Waals surface area contributed by atoms with E-state index in [1.807, 2.05) is 4.68 Å². The van der Waals surface area contributed by atoms with E-state index in [9.17, 15) is 0 Å². The first kappa shape index (κ1) is 13.2. The van der Waals surface area contributed by atoms with Crippen molar-refractivity contribution < 1.29 is 0 Å². The summed E-state index contributed by atoms with van der Waals surface area (Å²) in [6, 6.07) is 0. The third-order valence-corrected chi connectivity index (χ3v) is 2.63. The molecule has 4 heteroatoms. The Hall–Kier alpha value is -0.900. The van der Waals surface area contributed by atoms with Crippen LogP contribution in [-0.2, 0) is 19.5 Å². The van der Waals surface area contributed by atoms with Crippen LogP contribution in [0.25, 0.3) is 0 Å². The van der Waals surface area contributed by atoms with Gasteiger partial charge in [0.15, 0.2) is 0 Å². The van der Waals surface area contributed by atoms with Crippen molar-refractivity contribution in [3.63, 3.8) is 0 Å². The van der Waals surface area contributed by atoms with Crippen LogP contribution in [0.2, 0.25) is 0 Å². The zero-order valence-electron chi connectivity index (χ0n) is 10.9. The van der Waals surface area contributed by atoms with E-state index in [4.69, 9.17) is 5.73 Å². The molecule has 1 heterocycles. The maximum Gasteiger partial charge on any atom is 0.0994 e. The summed E-state index contributed by atoms with van der Waals surface area (Å²) in [6.07, 6.45) is 2.15. The molecule has 0 atom stereocenters. The molecule has 1 rings (SSSR count). The van der Waals surface area contributed by atoms with Gasteiger partial charge in [0.1, 0.15) is 0 Å². The lowest BCUT2D eigenvalue weighted by molar-refractivity contribution is 0.458. The van der Waals surface area contributed by atoms with Crippen LogP contribution in [0.4, 0.5) is 0 Å². The van der Waals surface area contributed by atoms with Crippen molar-refractivity contribution in [2.75, 3.05) is 0 Å². The smallest absolute Gasteiger partial charge is 0.0994 e. The normalized spacial score (nSPS) is 11.7. The average Bonchev–Trinajstić information content (AvgIpc) is 2.56. The Kier molecular flexibility index (Phi) is 4.93. The average molecular weight is 224 g/mol. The molecule has 0 saturated carbocycles. The van der Waals surface area contributed by atoms with Crippen molar-refractivity contribution >= 4 is 0 Å². The van der Waals surface area contributed by atoms with Gasteiger partial charge < -0.3 is 5.73 Å². The topological polar surface area (TPSA) is 56.7 Å². The van der Waals surface area contributed by atoms with Gasteiger partial charge in [0.25, 0.3) is 0 Å². The summed E-state index contributed by atoms with van der Waals surface area (Å²) < 4.78 is 2.03. The summed E-state index contributed by atoms with van der Waals surface area (Å²) in [5.41, 5.74) is 7.86. The molecule has 0 amide bonds. The summed E-state index contributed by atoms with van der Waals surface area (Å²) in [5, 5.41) is 8.35. The van der Waals surface area contributed by atoms with Crippen LogP contribution in [0.15, 0.2) is 0 Å². The molecule has 0 aliphatic heterocycles. The van der Waals surface area contributed by atoms with Gasteiger partial charge in [0, 0.05) is 13.1 Å². The highest BCUT2D eigenvalue weighted by Gasteiger charge is 2.13. The molecule has 0 aromatic carbocycles. The largest absolute Gasteiger partial charge is 0.325 e. The fourth-order valence-corrected chi connectivity index (χ4v) is 1.70. The van der Waals surface area contributed by atoms with Gasteiger partial charge in [-0.25, -0.2) is 4.68 Å². The third-order valence-electron chi connectivity index (χ3n) is 2.63. The molecule has 0 radical (unpaired) electrons. The van der Waals surface area contributed by atoms with Gasteiger partial charge in [-0.1, -0.05) is 32.9 Å². The van der Waals surface area contributed by atoms with E-state index in [1.54, 1.807) is 0 Å². The molecular weight excluding hydrogens is 200 g/mol. The summed E-state index contributed by atoms with van der Waals surface area (Å²) >= 11 is 0. The number of hydrogen-bond donors (Lipinski definition) is 1. The monoisotopic (exact) mass is 224 g/mol. The molecular formula is C12H24N4. The Labute approximate surface area is 98.2 Å². The molecule has 4 nitrogen and oxygen atoms in total. The Bertz CT molecular complexity index is 315. The second kappa shape index (κ2) is 5.99. The molecule has 92 valence electrons. The molecule has 0 aliphatic carbocycles. The number of hydrogen-bond acceptors (Lipinski definition) is 3. The van der Waals surface area contributed by atoms with Gasteiger partial charge >= 0.3 is 0 Å². The van der Waals surface area contributed by atoms with Crippen LogP contribution in [0.3, 0.4) is 0 Å². The Morgan fingerprint density at radius 3 is 2.38 bits per heavy atom. The van der Waals surface area contributed by atoms with Crippen molar-refractivity contribution in [2.45, 2.75) is 53.6 Å². The third kappa shape index (κ3) is 3.59. The van der Waals surface area contributed by atoms with E-state index in [-0.39, 0.29) is 0 Å². The van der Waals surface area contributed by atoms with E-state index in [0.717, 1.165) is 25.1 Å². The Morgan fingerprint density at radius 1 is 1.19 bits per heavy atom. The molecule has 1 aromatic heterocycles. The predicted octanol–water partition coefficient (Wildman–Crippen LogP) is 1.98. The van der Waals surface area contributed by atoms with Crippen LogP contribution in [0.5, 0.6) is 0 Å². The maximum atomic E-state index is 5.68. The van der Waals surface area contributed by atoms with Crippen LogP contribution in [0, 0.1) is 11.8 Å². The lowest BCUT2D eigenvalue weighted by Crippen LogP contribution is -2.11. The van der Waals surface area contributed by atoms with Crippen molar-refractivity contribution in [2.24, 2.45) is 17.6 Å². The molecule has 0 unspecified atom stereocenters. The van der Waals surface area contributed by atoms with E-state index in [2.05, 4.69) is 38.0 Å². The molecule has 0 aliphatic rings. The first-order valence-electron chi connectivity index (χ1n) is 6.15. The summed E-state index contributed by atoms with van der Waals surface area (Å²) in [6.45, 7) is 10.3. The van der Waals surface area contributed by atoms with E-state index in [0.29, 0.717) is 18.4 Å². The Morgan fingerprint density at radius 2 is 1.88 bits per heavy atom. The number of nitrogens with zero attached hydrogens (tertiary/aromatic N) is 3. The van der Waals surface area contributed by atoms with E-state index >= 15 is 0 Å². The predicted molar refractivity (Wildman–Crippen MR) is 65.9 cm³/mol. The van der Waals surface area contributed by atoms with Crippen LogP contribution < -0.4 is 5.73 Å². The first-order valence-corrected chi connectivity index (χ1v) is 6.15. The number of rotatable bonds is 6. The molecule has 0 fully saturated rings. The quantitative estimate of drug-likeness (QED) is 0.804. The minimum atomic E-state index is 0.490. The second-order valence-electron chi connectivity index (χ2n) is 5.19. The van der Waals surface area contributed by atoms with Gasteiger partial charge in [0.2, 0.25) is 0 Å². The Balaban J connectivity index is 2.78. The molecule has 0 bridgehead atoms. The minimum Gasteiger partial charge on any atom is -0.325 e. The van der Waals surface area contributed by atoms with Crippen molar-refractivity contribution in [1.82, 2.24) is 15.0 Å². The summed E-state index contributed by atoms with van der Waals surface area (Å²) in [4.78, 5) is 0. The maximum absolute atomic E-state index is 5.68. The van der Waals surface area contributed by atoms with E-state index in [1.165, 1.54) is 5.69 Å². The minimum absolute atomic E-state index is 0.490. The van der Waals surface area contributed by atoms with Gasteiger partial charge in [-0.05, 0) is 24.7 Å². The molecule has 0 saturated heterocycles. The number of nitrogens with two attached hydrogens (primary N) is 1. The fourth-order valence-electron chi connectivity index (χ4n) is 1.70. The second-order valence-corrected chi connectivity index (χ2v) is 5.19. The lowest BCUT2D eigenvalue weighted by Gasteiger charge is -2.10. The van der Waals surface area contributed by atoms with Crippen molar-refractivity contribution in [3.8, 4) is 0 Å². The lowest BCUT2D eigenvalue weighted by atomic mass is 10.1. The van der Waals surface area contributed by atoms with Crippen LogP contribution in [-0.4, -0.2) is 15.0 Å². The van der Waals surface area contributed by atoms with Crippen molar-refractivity contribution in [3.05, 3.63) is 11.4 Å². The van der Waals surface area contributed by atoms with Gasteiger partial charge in [0.05, 0.1) is 11.4 Å².